The maximum Gasteiger partial charge on any atom is 0.00842 e. The van der Waals surface area contributed by atoms with Gasteiger partial charge in [-0.25, -0.2) is 0 Å². The van der Waals surface area contributed by atoms with Gasteiger partial charge in [-0.2, -0.15) is 0 Å². The first-order valence-corrected chi connectivity index (χ1v) is 9.75. The minimum absolute atomic E-state index is 0.781. The van der Waals surface area contributed by atoms with Crippen molar-refractivity contribution in [3.63, 3.8) is 0 Å². The molecular weight excluding hydrogens is 256 g/mol. The Labute approximate surface area is 133 Å². The van der Waals surface area contributed by atoms with Crippen molar-refractivity contribution in [2.75, 3.05) is 6.54 Å². The van der Waals surface area contributed by atoms with Crippen LogP contribution in [0.5, 0.6) is 0 Å². The molecule has 1 fully saturated rings. The lowest BCUT2D eigenvalue weighted by atomic mass is 9.93. The fraction of sp³-hybridized carbons (Fsp3) is 1.00. The van der Waals surface area contributed by atoms with E-state index in [0.717, 1.165) is 18.1 Å². The fourth-order valence-electron chi connectivity index (χ4n) is 3.42. The first-order chi connectivity index (χ1) is 10.3. The smallest absolute Gasteiger partial charge is 0.00842 e. The Morgan fingerprint density at radius 3 is 2.29 bits per heavy atom. The molecule has 126 valence electrons. The van der Waals surface area contributed by atoms with Crippen LogP contribution in [-0.2, 0) is 0 Å². The quantitative estimate of drug-likeness (QED) is 0.439. The average molecular weight is 297 g/mol. The van der Waals surface area contributed by atoms with Gasteiger partial charge in [0.25, 0.3) is 0 Å². The van der Waals surface area contributed by atoms with Gasteiger partial charge in [0.15, 0.2) is 0 Å². The van der Waals surface area contributed by atoms with E-state index in [-0.39, 0.29) is 0 Å². The minimum Gasteiger partial charge on any atom is -0.314 e. The Bertz CT molecular complexity index is 224. The van der Waals surface area contributed by atoms with E-state index in [4.69, 9.17) is 0 Å². The highest BCUT2D eigenvalue weighted by Crippen LogP contribution is 2.18. The van der Waals surface area contributed by atoms with Gasteiger partial charge in [-0.05, 0) is 45.6 Å². The summed E-state index contributed by atoms with van der Waals surface area (Å²) in [6.07, 6.45) is 16.6. The highest BCUT2D eigenvalue weighted by molar-refractivity contribution is 4.84. The first-order valence-electron chi connectivity index (χ1n) is 9.75. The summed E-state index contributed by atoms with van der Waals surface area (Å²) < 4.78 is 0. The molecule has 3 unspecified atom stereocenters. The highest BCUT2D eigenvalue weighted by atomic mass is 15.0. The Kier molecular flexibility index (Phi) is 11.3. The fourth-order valence-corrected chi connectivity index (χ4v) is 3.42. The van der Waals surface area contributed by atoms with Gasteiger partial charge in [0.2, 0.25) is 0 Å². The van der Waals surface area contributed by atoms with Gasteiger partial charge in [0, 0.05) is 18.1 Å². The van der Waals surface area contributed by atoms with Crippen molar-refractivity contribution in [3.8, 4) is 0 Å². The maximum atomic E-state index is 3.78. The van der Waals surface area contributed by atoms with Crippen molar-refractivity contribution in [3.05, 3.63) is 0 Å². The Morgan fingerprint density at radius 2 is 1.62 bits per heavy atom. The van der Waals surface area contributed by atoms with E-state index >= 15 is 0 Å². The van der Waals surface area contributed by atoms with Gasteiger partial charge in [-0.15, -0.1) is 0 Å². The summed E-state index contributed by atoms with van der Waals surface area (Å²) in [4.78, 5) is 0. The van der Waals surface area contributed by atoms with Gasteiger partial charge >= 0.3 is 0 Å². The van der Waals surface area contributed by atoms with Crippen LogP contribution in [-0.4, -0.2) is 24.7 Å². The lowest BCUT2D eigenvalue weighted by molar-refractivity contribution is 0.261. The molecule has 1 rings (SSSR count). The number of rotatable bonds is 14. The summed E-state index contributed by atoms with van der Waals surface area (Å²) in [5, 5.41) is 7.37. The molecule has 1 heterocycles. The molecule has 0 aromatic rings. The zero-order valence-electron chi connectivity index (χ0n) is 14.9. The molecule has 0 aromatic carbocycles. The molecule has 2 nitrogen and oxygen atoms in total. The maximum absolute atomic E-state index is 3.78. The van der Waals surface area contributed by atoms with E-state index in [1.165, 1.54) is 83.6 Å². The van der Waals surface area contributed by atoms with Crippen LogP contribution in [0.3, 0.4) is 0 Å². The Balaban J connectivity index is 1.95. The molecule has 1 aliphatic heterocycles. The van der Waals surface area contributed by atoms with Crippen LogP contribution in [0.25, 0.3) is 0 Å². The lowest BCUT2D eigenvalue weighted by Crippen LogP contribution is -2.50. The van der Waals surface area contributed by atoms with Crippen molar-refractivity contribution in [1.29, 1.82) is 0 Å². The summed E-state index contributed by atoms with van der Waals surface area (Å²) in [6, 6.07) is 2.40. The van der Waals surface area contributed by atoms with Gasteiger partial charge in [0.1, 0.15) is 0 Å². The van der Waals surface area contributed by atoms with E-state index < -0.39 is 0 Å². The molecule has 1 saturated heterocycles. The third-order valence-electron chi connectivity index (χ3n) is 4.88. The van der Waals surface area contributed by atoms with Gasteiger partial charge in [0.05, 0.1) is 0 Å². The molecule has 0 amide bonds. The third-order valence-corrected chi connectivity index (χ3v) is 4.88. The van der Waals surface area contributed by atoms with E-state index in [0.29, 0.717) is 0 Å². The number of unbranched alkanes of at least 4 members (excludes halogenated alkanes) is 5. The summed E-state index contributed by atoms with van der Waals surface area (Å²) in [6.45, 7) is 8.09. The van der Waals surface area contributed by atoms with Crippen LogP contribution < -0.4 is 10.6 Å². The monoisotopic (exact) mass is 296 g/mol. The highest BCUT2D eigenvalue weighted by Gasteiger charge is 2.22. The Morgan fingerprint density at radius 1 is 0.952 bits per heavy atom. The third kappa shape index (κ3) is 9.52. The molecular formula is C19H40N2. The predicted octanol–water partition coefficient (Wildman–Crippen LogP) is 5.03. The normalized spacial score (nSPS) is 23.0. The summed E-state index contributed by atoms with van der Waals surface area (Å²) in [5.41, 5.74) is 0. The number of nitrogens with one attached hydrogen (secondary N) is 2. The van der Waals surface area contributed by atoms with Gasteiger partial charge < -0.3 is 10.6 Å². The minimum atomic E-state index is 0.781. The molecule has 1 aliphatic rings. The second kappa shape index (κ2) is 12.5. The molecule has 3 atom stereocenters. The van der Waals surface area contributed by atoms with E-state index in [2.05, 4.69) is 31.4 Å². The van der Waals surface area contributed by atoms with Crippen LogP contribution in [0, 0.1) is 0 Å². The molecule has 2 heteroatoms. The second-order valence-corrected chi connectivity index (χ2v) is 7.14. The molecule has 0 aliphatic carbocycles. The van der Waals surface area contributed by atoms with Gasteiger partial charge in [-0.3, -0.25) is 0 Å². The van der Waals surface area contributed by atoms with Gasteiger partial charge in [-0.1, -0.05) is 58.8 Å². The second-order valence-electron chi connectivity index (χ2n) is 7.14. The molecule has 0 aromatic heterocycles. The van der Waals surface area contributed by atoms with E-state index in [9.17, 15) is 0 Å². The van der Waals surface area contributed by atoms with Crippen LogP contribution in [0.15, 0.2) is 0 Å². The van der Waals surface area contributed by atoms with Crippen LogP contribution in [0.2, 0.25) is 0 Å². The summed E-state index contributed by atoms with van der Waals surface area (Å²) in [5.74, 6) is 0. The largest absolute Gasteiger partial charge is 0.314 e. The van der Waals surface area contributed by atoms with Crippen molar-refractivity contribution >= 4 is 0 Å². The summed E-state index contributed by atoms with van der Waals surface area (Å²) in [7, 11) is 0. The van der Waals surface area contributed by atoms with Crippen molar-refractivity contribution in [1.82, 2.24) is 10.6 Å². The van der Waals surface area contributed by atoms with Crippen LogP contribution >= 0.6 is 0 Å². The first kappa shape index (κ1) is 19.0. The van der Waals surface area contributed by atoms with Crippen LogP contribution in [0.1, 0.15) is 97.8 Å². The number of hydrogen-bond acceptors (Lipinski definition) is 2. The van der Waals surface area contributed by atoms with Crippen molar-refractivity contribution < 1.29 is 0 Å². The Hall–Kier alpha value is -0.0800. The molecule has 0 saturated carbocycles. The molecule has 0 spiro atoms. The zero-order valence-corrected chi connectivity index (χ0v) is 14.9. The van der Waals surface area contributed by atoms with Crippen LogP contribution in [0.4, 0.5) is 0 Å². The molecule has 0 bridgehead atoms. The number of hydrogen-bond donors (Lipinski definition) is 2. The van der Waals surface area contributed by atoms with Crippen molar-refractivity contribution in [2.24, 2.45) is 0 Å². The van der Waals surface area contributed by atoms with E-state index in [1.54, 1.807) is 0 Å². The molecule has 21 heavy (non-hydrogen) atoms. The molecule has 0 radical (unpaired) electrons. The van der Waals surface area contributed by atoms with E-state index in [1.807, 2.05) is 0 Å². The SMILES string of the molecule is CCCCNC(CCCC)CCCCCCC1CC(C)N1. The topological polar surface area (TPSA) is 24.1 Å². The average Bonchev–Trinajstić information content (AvgIpc) is 2.45. The zero-order chi connectivity index (χ0) is 15.3. The predicted molar refractivity (Wildman–Crippen MR) is 94.9 cm³/mol. The van der Waals surface area contributed by atoms with Crippen molar-refractivity contribution in [2.45, 2.75) is 116 Å². The standard InChI is InChI=1S/C19H40N2/c1-4-6-12-18(20-15-7-5-2)13-10-8-9-11-14-19-16-17(3)21-19/h17-21H,4-16H2,1-3H3. The lowest BCUT2D eigenvalue weighted by Gasteiger charge is -2.35. The summed E-state index contributed by atoms with van der Waals surface area (Å²) >= 11 is 0. The molecule has 2 N–H and O–H groups in total.